The number of amides is 4. The number of hydrogen-bond donors (Lipinski definition) is 2. The van der Waals surface area contributed by atoms with Crippen molar-refractivity contribution >= 4 is 17.8 Å². The topological polar surface area (TPSA) is 137 Å². The summed E-state index contributed by atoms with van der Waals surface area (Å²) in [6.45, 7) is 6.36. The summed E-state index contributed by atoms with van der Waals surface area (Å²) in [5.41, 5.74) is 0.634. The summed E-state index contributed by atoms with van der Waals surface area (Å²) >= 11 is 0. The zero-order chi connectivity index (χ0) is 27.6. The molecule has 2 fully saturated rings. The lowest BCUT2D eigenvalue weighted by Gasteiger charge is -2.35. The molecule has 2 aromatic rings. The maximum Gasteiger partial charge on any atom is 0.323 e. The summed E-state index contributed by atoms with van der Waals surface area (Å²) in [6, 6.07) is 7.92. The van der Waals surface area contributed by atoms with Crippen molar-refractivity contribution in [3.63, 3.8) is 0 Å². The average molecular weight is 532 g/mol. The van der Waals surface area contributed by atoms with Crippen molar-refractivity contribution < 1.29 is 19.1 Å². The number of methoxy groups -OCH3 is 1. The fraction of sp³-hybridized carbons (Fsp3) is 0.407. The molecule has 4 heterocycles. The average Bonchev–Trinajstić information content (AvgIpc) is 3.42. The van der Waals surface area contributed by atoms with Gasteiger partial charge in [-0.2, -0.15) is 0 Å². The van der Waals surface area contributed by atoms with E-state index in [9.17, 15) is 19.3 Å². The van der Waals surface area contributed by atoms with Crippen molar-refractivity contribution in [3.8, 4) is 17.6 Å². The molecule has 3 aliphatic heterocycles. The zero-order valence-electron chi connectivity index (χ0n) is 21.8. The van der Waals surface area contributed by atoms with Gasteiger partial charge < -0.3 is 19.9 Å². The van der Waals surface area contributed by atoms with Gasteiger partial charge in [0.25, 0.3) is 11.8 Å². The van der Waals surface area contributed by atoms with Crippen LogP contribution in [0.5, 0.6) is 5.75 Å². The van der Waals surface area contributed by atoms with E-state index in [1.54, 1.807) is 30.3 Å². The summed E-state index contributed by atoms with van der Waals surface area (Å²) in [5.74, 6) is 5.42. The van der Waals surface area contributed by atoms with E-state index in [-0.39, 0.29) is 19.0 Å². The fourth-order valence-electron chi connectivity index (χ4n) is 5.05. The number of nitrogens with zero attached hydrogens (tertiary/aromatic N) is 5. The Morgan fingerprint density at radius 2 is 1.95 bits per heavy atom. The molecule has 1 unspecified atom stereocenters. The fourth-order valence-corrected chi connectivity index (χ4v) is 5.05. The van der Waals surface area contributed by atoms with Crippen LogP contribution >= 0.6 is 0 Å². The largest absolute Gasteiger partial charge is 0.497 e. The summed E-state index contributed by atoms with van der Waals surface area (Å²) in [7, 11) is 1.52. The third-order valence-electron chi connectivity index (χ3n) is 7.34. The molecule has 5 rings (SSSR count). The van der Waals surface area contributed by atoms with Crippen LogP contribution in [0.3, 0.4) is 0 Å². The van der Waals surface area contributed by atoms with Crippen LogP contribution in [-0.2, 0) is 11.3 Å². The number of aromatic nitrogens is 1. The highest BCUT2D eigenvalue weighted by atomic mass is 16.5. The summed E-state index contributed by atoms with van der Waals surface area (Å²) < 4.78 is 5.22. The number of carbonyl (C=O) groups excluding carboxylic acids is 3. The van der Waals surface area contributed by atoms with E-state index in [0.717, 1.165) is 38.3 Å². The molecule has 3 aliphatic rings. The first-order chi connectivity index (χ1) is 18.9. The van der Waals surface area contributed by atoms with Gasteiger partial charge in [0, 0.05) is 50.0 Å². The minimum atomic E-state index is -1.64. The number of pyridine rings is 1. The number of urea groups is 1. The minimum Gasteiger partial charge on any atom is -0.497 e. The highest BCUT2D eigenvalue weighted by molar-refractivity contribution is 6.10. The maximum atomic E-state index is 13.1. The Morgan fingerprint density at radius 1 is 1.15 bits per heavy atom. The lowest BCUT2D eigenvalue weighted by atomic mass is 9.99. The quantitative estimate of drug-likeness (QED) is 0.308. The Kier molecular flexibility index (Phi) is 7.28. The van der Waals surface area contributed by atoms with Crippen molar-refractivity contribution in [2.75, 3.05) is 46.4 Å². The van der Waals surface area contributed by atoms with Crippen LogP contribution in [0.25, 0.3) is 0 Å². The van der Waals surface area contributed by atoms with E-state index < -0.39 is 23.6 Å². The SMILES string of the molecule is CCN1CCN(C(N=O)c2ccc(C#C[C@]3(CN4Cc5ccc(OC)cc5C4=O)NC(=O)NC3=O)cn2)CC1. The van der Waals surface area contributed by atoms with E-state index in [2.05, 4.69) is 44.5 Å². The molecular formula is C27H29N7O5. The lowest BCUT2D eigenvalue weighted by Crippen LogP contribution is -2.54. The molecule has 39 heavy (non-hydrogen) atoms. The molecule has 0 radical (unpaired) electrons. The molecular weight excluding hydrogens is 502 g/mol. The first-order valence-electron chi connectivity index (χ1n) is 12.7. The smallest absolute Gasteiger partial charge is 0.323 e. The summed E-state index contributed by atoms with van der Waals surface area (Å²) in [6.07, 6.45) is 0.813. The molecule has 1 aromatic carbocycles. The molecule has 0 saturated carbocycles. The Bertz CT molecular complexity index is 1360. The number of fused-ring (bicyclic) bond motifs is 1. The van der Waals surface area contributed by atoms with Crippen LogP contribution in [0.15, 0.2) is 41.7 Å². The number of nitroso groups, excluding NO2 is 1. The molecule has 4 amide bonds. The van der Waals surface area contributed by atoms with Gasteiger partial charge in [-0.3, -0.25) is 24.8 Å². The third-order valence-corrected chi connectivity index (χ3v) is 7.34. The number of ether oxygens (including phenoxy) is 1. The van der Waals surface area contributed by atoms with Crippen LogP contribution in [0.2, 0.25) is 0 Å². The van der Waals surface area contributed by atoms with Gasteiger partial charge in [0.15, 0.2) is 6.17 Å². The monoisotopic (exact) mass is 531 g/mol. The molecule has 12 nitrogen and oxygen atoms in total. The number of piperazine rings is 1. The van der Waals surface area contributed by atoms with Crippen LogP contribution in [0.4, 0.5) is 4.79 Å². The minimum absolute atomic E-state index is 0.139. The summed E-state index contributed by atoms with van der Waals surface area (Å²) in [4.78, 5) is 59.9. The first kappa shape index (κ1) is 26.3. The third kappa shape index (κ3) is 5.19. The van der Waals surface area contributed by atoms with Crippen molar-refractivity contribution in [2.45, 2.75) is 25.2 Å². The van der Waals surface area contributed by atoms with E-state index in [4.69, 9.17) is 4.74 Å². The number of likely N-dealkylation sites (N-methyl/N-ethyl adjacent to an activating group) is 1. The number of nitrogens with one attached hydrogen (secondary N) is 2. The number of carbonyl (C=O) groups is 3. The van der Waals surface area contributed by atoms with E-state index in [0.29, 0.717) is 22.6 Å². The van der Waals surface area contributed by atoms with Gasteiger partial charge in [0.2, 0.25) is 5.54 Å². The molecule has 2 saturated heterocycles. The maximum absolute atomic E-state index is 13.1. The van der Waals surface area contributed by atoms with E-state index in [1.165, 1.54) is 18.2 Å². The standard InChI is InChI=1S/C27H29N7O5/c1-3-32-10-12-33(13-11-32)23(31-38)22-7-4-18(15-28-22)8-9-27(25(36)29-26(37)30-27)17-34-16-19-5-6-20(39-2)14-21(19)24(34)35/h4-7,14-15,23H,3,10-13,16-17H2,1-2H3,(H2,29,30,36,37)/t23?,27-/m1/s1. The highest BCUT2D eigenvalue weighted by Crippen LogP contribution is 2.28. The number of rotatable bonds is 7. The zero-order valence-corrected chi connectivity index (χ0v) is 21.8. The molecule has 202 valence electrons. The van der Waals surface area contributed by atoms with Gasteiger partial charge >= 0.3 is 6.03 Å². The van der Waals surface area contributed by atoms with Gasteiger partial charge in [-0.1, -0.05) is 24.8 Å². The number of imide groups is 1. The predicted molar refractivity (Wildman–Crippen MR) is 140 cm³/mol. The Balaban J connectivity index is 1.34. The molecule has 0 aliphatic carbocycles. The van der Waals surface area contributed by atoms with Crippen LogP contribution in [0, 0.1) is 16.7 Å². The molecule has 0 spiro atoms. The lowest BCUT2D eigenvalue weighted by molar-refractivity contribution is -0.122. The molecule has 2 atom stereocenters. The molecule has 2 N–H and O–H groups in total. The van der Waals surface area contributed by atoms with E-state index >= 15 is 0 Å². The Labute approximate surface area is 225 Å². The molecule has 0 bridgehead atoms. The van der Waals surface area contributed by atoms with Crippen molar-refractivity contribution in [3.05, 3.63) is 63.8 Å². The van der Waals surface area contributed by atoms with Crippen LogP contribution < -0.4 is 15.4 Å². The normalized spacial score (nSPS) is 22.0. The number of benzene rings is 1. The van der Waals surface area contributed by atoms with Gasteiger partial charge in [-0.05, 0) is 41.6 Å². The van der Waals surface area contributed by atoms with Crippen molar-refractivity contribution in [1.29, 1.82) is 0 Å². The highest BCUT2D eigenvalue weighted by Gasteiger charge is 2.48. The van der Waals surface area contributed by atoms with Crippen LogP contribution in [0.1, 0.15) is 40.3 Å². The first-order valence-corrected chi connectivity index (χ1v) is 12.7. The summed E-state index contributed by atoms with van der Waals surface area (Å²) in [5, 5.41) is 8.13. The Hall–Kier alpha value is -4.34. The molecule has 12 heteroatoms. The van der Waals surface area contributed by atoms with Crippen molar-refractivity contribution in [2.24, 2.45) is 5.18 Å². The van der Waals surface area contributed by atoms with E-state index in [1.807, 2.05) is 4.90 Å². The second-order valence-electron chi connectivity index (χ2n) is 9.67. The molecule has 1 aromatic heterocycles. The van der Waals surface area contributed by atoms with Gasteiger partial charge in [0.1, 0.15) is 5.75 Å². The van der Waals surface area contributed by atoms with Gasteiger partial charge in [0.05, 0.1) is 19.3 Å². The second-order valence-corrected chi connectivity index (χ2v) is 9.67. The second kappa shape index (κ2) is 10.8. The number of hydrogen-bond acceptors (Lipinski definition) is 9. The van der Waals surface area contributed by atoms with Gasteiger partial charge in [-0.15, -0.1) is 4.91 Å². The van der Waals surface area contributed by atoms with Gasteiger partial charge in [-0.25, -0.2) is 4.79 Å². The van der Waals surface area contributed by atoms with Crippen LogP contribution in [-0.4, -0.2) is 89.4 Å². The predicted octanol–water partition coefficient (Wildman–Crippen LogP) is 1.08. The Morgan fingerprint density at radius 3 is 2.56 bits per heavy atom. The van der Waals surface area contributed by atoms with Crippen molar-refractivity contribution in [1.82, 2.24) is 30.3 Å².